The fourth-order valence-electron chi connectivity index (χ4n) is 5.60. The van der Waals surface area contributed by atoms with Crippen molar-refractivity contribution in [1.82, 2.24) is 14.3 Å². The van der Waals surface area contributed by atoms with Crippen LogP contribution >= 0.6 is 11.6 Å². The zero-order chi connectivity index (χ0) is 27.8. The Morgan fingerprint density at radius 3 is 2.59 bits per heavy atom. The van der Waals surface area contributed by atoms with E-state index in [1.165, 1.54) is 7.11 Å². The Hall–Kier alpha value is -3.81. The fourth-order valence-corrected chi connectivity index (χ4v) is 5.86. The van der Waals surface area contributed by atoms with Crippen molar-refractivity contribution >= 4 is 39.2 Å². The van der Waals surface area contributed by atoms with E-state index in [-0.39, 0.29) is 6.61 Å². The number of ether oxygens (including phenoxy) is 2. The van der Waals surface area contributed by atoms with Crippen molar-refractivity contribution in [1.29, 1.82) is 0 Å². The maximum absolute atomic E-state index is 13.0. The Morgan fingerprint density at radius 1 is 1.08 bits per heavy atom. The molecule has 0 amide bonds. The van der Waals surface area contributed by atoms with E-state index >= 15 is 0 Å². The van der Waals surface area contributed by atoms with Crippen molar-refractivity contribution in [2.45, 2.75) is 40.3 Å². The van der Waals surface area contributed by atoms with Crippen LogP contribution in [0, 0.1) is 20.8 Å². The van der Waals surface area contributed by atoms with E-state index in [1.54, 1.807) is 11.7 Å². The van der Waals surface area contributed by atoms with Crippen LogP contribution in [0.3, 0.4) is 0 Å². The highest BCUT2D eigenvalue weighted by molar-refractivity contribution is 6.35. The summed E-state index contributed by atoms with van der Waals surface area (Å²) in [6, 6.07) is 16.2. The molecule has 0 aliphatic carbocycles. The number of aliphatic hydroxyl groups is 1. The van der Waals surface area contributed by atoms with Crippen molar-refractivity contribution in [3.05, 3.63) is 81.8 Å². The largest absolute Gasteiger partial charge is 0.493 e. The number of methoxy groups -OCH3 is 1. The minimum absolute atomic E-state index is 0.187. The van der Waals surface area contributed by atoms with Crippen LogP contribution in [0.1, 0.15) is 39.4 Å². The molecule has 0 fully saturated rings. The highest BCUT2D eigenvalue weighted by Gasteiger charge is 2.27. The minimum Gasteiger partial charge on any atom is -0.493 e. The SMILES string of the molecule is COC(=O)c1c(C)c2c(-c3c(C)nn(C)c3CO)c(Cl)ccc2n1CCCOc1cc(C)cc2ccccc12. The van der Waals surface area contributed by atoms with Gasteiger partial charge in [-0.3, -0.25) is 4.68 Å². The van der Waals surface area contributed by atoms with Gasteiger partial charge < -0.3 is 19.1 Å². The first kappa shape index (κ1) is 26.8. The maximum atomic E-state index is 13.0. The van der Waals surface area contributed by atoms with E-state index in [1.807, 2.05) is 42.7 Å². The lowest BCUT2D eigenvalue weighted by atomic mass is 9.97. The van der Waals surface area contributed by atoms with Crippen molar-refractivity contribution in [3.8, 4) is 16.9 Å². The molecular weight excluding hydrogens is 514 g/mol. The third-order valence-corrected chi connectivity index (χ3v) is 7.61. The molecule has 0 radical (unpaired) electrons. The third-order valence-electron chi connectivity index (χ3n) is 7.29. The molecule has 2 aromatic heterocycles. The predicted molar refractivity (Wildman–Crippen MR) is 155 cm³/mol. The Balaban J connectivity index is 1.54. The van der Waals surface area contributed by atoms with E-state index in [4.69, 9.17) is 21.1 Å². The van der Waals surface area contributed by atoms with E-state index in [0.717, 1.165) is 55.4 Å². The molecule has 39 heavy (non-hydrogen) atoms. The van der Waals surface area contributed by atoms with Gasteiger partial charge in [0.1, 0.15) is 11.4 Å². The van der Waals surface area contributed by atoms with Gasteiger partial charge >= 0.3 is 5.97 Å². The number of carbonyl (C=O) groups is 1. The first-order chi connectivity index (χ1) is 18.8. The molecular formula is C31H32ClN3O4. The quantitative estimate of drug-likeness (QED) is 0.177. The summed E-state index contributed by atoms with van der Waals surface area (Å²) in [5.74, 6) is 0.437. The maximum Gasteiger partial charge on any atom is 0.354 e. The number of halogens is 1. The molecule has 1 N–H and O–H groups in total. The number of hydrogen-bond donors (Lipinski definition) is 1. The summed E-state index contributed by atoms with van der Waals surface area (Å²) in [5.41, 5.74) is 6.20. The number of hydrogen-bond acceptors (Lipinski definition) is 5. The second kappa shape index (κ2) is 10.8. The number of nitrogens with zero attached hydrogens (tertiary/aromatic N) is 3. The van der Waals surface area contributed by atoms with Gasteiger partial charge in [0.2, 0.25) is 0 Å². The van der Waals surface area contributed by atoms with E-state index < -0.39 is 5.97 Å². The molecule has 0 aliphatic heterocycles. The van der Waals surface area contributed by atoms with Crippen LogP contribution in [0.2, 0.25) is 5.02 Å². The molecule has 0 bridgehead atoms. The predicted octanol–water partition coefficient (Wildman–Crippen LogP) is 6.52. The molecule has 202 valence electrons. The average Bonchev–Trinajstić information content (AvgIpc) is 3.36. The summed E-state index contributed by atoms with van der Waals surface area (Å²) in [5, 5.41) is 18.2. The lowest BCUT2D eigenvalue weighted by Gasteiger charge is -2.13. The highest BCUT2D eigenvalue weighted by Crippen LogP contribution is 2.42. The molecule has 0 aliphatic rings. The molecule has 0 atom stereocenters. The van der Waals surface area contributed by atoms with Gasteiger partial charge in [0.05, 0.1) is 31.7 Å². The van der Waals surface area contributed by atoms with Crippen molar-refractivity contribution < 1.29 is 19.4 Å². The summed E-state index contributed by atoms with van der Waals surface area (Å²) >= 11 is 6.79. The monoisotopic (exact) mass is 545 g/mol. The van der Waals surface area contributed by atoms with Crippen LogP contribution in [0.5, 0.6) is 5.75 Å². The average molecular weight is 546 g/mol. The lowest BCUT2D eigenvalue weighted by Crippen LogP contribution is -2.13. The number of rotatable bonds is 8. The van der Waals surface area contributed by atoms with Crippen LogP contribution in [0.4, 0.5) is 0 Å². The normalized spacial score (nSPS) is 11.5. The van der Waals surface area contributed by atoms with Crippen LogP contribution in [-0.2, 0) is 24.9 Å². The number of aromatic nitrogens is 3. The van der Waals surface area contributed by atoms with Crippen LogP contribution in [0.15, 0.2) is 48.5 Å². The summed E-state index contributed by atoms with van der Waals surface area (Å²) < 4.78 is 15.1. The molecule has 0 spiro atoms. The summed E-state index contributed by atoms with van der Waals surface area (Å²) in [4.78, 5) is 13.0. The number of benzene rings is 3. The number of aliphatic hydroxyl groups excluding tert-OH is 1. The zero-order valence-electron chi connectivity index (χ0n) is 22.8. The number of fused-ring (bicyclic) bond motifs is 2. The van der Waals surface area contributed by atoms with Gasteiger partial charge in [0, 0.05) is 46.0 Å². The van der Waals surface area contributed by atoms with E-state index in [0.29, 0.717) is 36.0 Å². The van der Waals surface area contributed by atoms with Gasteiger partial charge in [-0.15, -0.1) is 0 Å². The second-order valence-electron chi connectivity index (χ2n) is 9.81. The molecule has 5 aromatic rings. The molecule has 0 unspecified atom stereocenters. The van der Waals surface area contributed by atoms with E-state index in [2.05, 4.69) is 36.3 Å². The Labute approximate surface area is 232 Å². The molecule has 0 saturated heterocycles. The van der Waals surface area contributed by atoms with E-state index in [9.17, 15) is 9.90 Å². The Morgan fingerprint density at radius 2 is 1.85 bits per heavy atom. The standard InChI is InChI=1S/C31H32ClN3O4/c1-18-15-21-9-6-7-10-22(21)26(16-18)39-14-8-13-35-24-12-11-23(32)29(27(24)19(2)30(35)31(37)38-5)28-20(3)33-34(4)25(28)17-36/h6-7,9-12,15-16,36H,8,13-14,17H2,1-5H3. The summed E-state index contributed by atoms with van der Waals surface area (Å²) in [6.45, 7) is 6.69. The van der Waals surface area contributed by atoms with Gasteiger partial charge in [0.15, 0.2) is 0 Å². The van der Waals surface area contributed by atoms with Crippen LogP contribution in [-0.4, -0.2) is 39.1 Å². The summed E-state index contributed by atoms with van der Waals surface area (Å²) in [7, 11) is 3.18. The van der Waals surface area contributed by atoms with Gasteiger partial charge in [0.25, 0.3) is 0 Å². The van der Waals surface area contributed by atoms with Crippen molar-refractivity contribution in [3.63, 3.8) is 0 Å². The van der Waals surface area contributed by atoms with Gasteiger partial charge in [-0.2, -0.15) is 5.10 Å². The molecule has 2 heterocycles. The topological polar surface area (TPSA) is 78.5 Å². The molecule has 8 heteroatoms. The lowest BCUT2D eigenvalue weighted by molar-refractivity contribution is 0.0587. The first-order valence-electron chi connectivity index (χ1n) is 12.9. The third kappa shape index (κ3) is 4.66. The number of aryl methyl sites for hydroxylation is 5. The molecule has 3 aromatic carbocycles. The summed E-state index contributed by atoms with van der Waals surface area (Å²) in [6.07, 6.45) is 0.668. The molecule has 7 nitrogen and oxygen atoms in total. The van der Waals surface area contributed by atoms with Crippen LogP contribution in [0.25, 0.3) is 32.8 Å². The first-order valence-corrected chi connectivity index (χ1v) is 13.3. The Kier molecular flexibility index (Phi) is 7.38. The molecule has 5 rings (SSSR count). The zero-order valence-corrected chi connectivity index (χ0v) is 23.6. The van der Waals surface area contributed by atoms with Crippen molar-refractivity contribution in [2.75, 3.05) is 13.7 Å². The minimum atomic E-state index is -0.415. The van der Waals surface area contributed by atoms with Gasteiger partial charge in [-0.1, -0.05) is 41.9 Å². The second-order valence-corrected chi connectivity index (χ2v) is 10.2. The van der Waals surface area contributed by atoms with Crippen molar-refractivity contribution in [2.24, 2.45) is 7.05 Å². The number of esters is 1. The van der Waals surface area contributed by atoms with Gasteiger partial charge in [-0.25, -0.2) is 4.79 Å². The number of carbonyl (C=O) groups excluding carboxylic acids is 1. The highest BCUT2D eigenvalue weighted by atomic mass is 35.5. The Bertz CT molecular complexity index is 1720. The molecule has 0 saturated carbocycles. The smallest absolute Gasteiger partial charge is 0.354 e. The fraction of sp³-hybridized carbons (Fsp3) is 0.290. The van der Waals surface area contributed by atoms with Crippen LogP contribution < -0.4 is 4.74 Å². The van der Waals surface area contributed by atoms with Gasteiger partial charge in [-0.05, 0) is 61.9 Å².